The fourth-order valence-electron chi connectivity index (χ4n) is 3.57. The predicted octanol–water partition coefficient (Wildman–Crippen LogP) is 3.56. The lowest BCUT2D eigenvalue weighted by atomic mass is 9.94. The third-order valence-corrected chi connectivity index (χ3v) is 5.11. The molecular weight excluding hydrogens is 387 g/mol. The van der Waals surface area contributed by atoms with Crippen LogP contribution in [-0.2, 0) is 16.9 Å². The molecule has 8 heteroatoms. The number of carbonyl (C=O) groups is 1. The number of hydrogen-bond donors (Lipinski definition) is 0. The molecule has 4 rings (SSSR count). The maximum Gasteiger partial charge on any atom is 0.266 e. The summed E-state index contributed by atoms with van der Waals surface area (Å²) >= 11 is 0. The molecule has 1 aromatic carbocycles. The first-order valence-electron chi connectivity index (χ1n) is 10.0. The number of benzene rings is 1. The van der Waals surface area contributed by atoms with Gasteiger partial charge in [0.25, 0.3) is 5.89 Å². The molecule has 0 bridgehead atoms. The normalized spacial score (nSPS) is 18.9. The lowest BCUT2D eigenvalue weighted by Gasteiger charge is -2.35. The molecule has 1 aliphatic heterocycles. The minimum absolute atomic E-state index is 0.0973. The van der Waals surface area contributed by atoms with E-state index in [9.17, 15) is 4.79 Å². The highest BCUT2D eigenvalue weighted by atomic mass is 19.1. The van der Waals surface area contributed by atoms with Crippen molar-refractivity contribution in [2.45, 2.75) is 31.9 Å². The molecule has 2 aromatic heterocycles. The predicted molar refractivity (Wildman–Crippen MR) is 107 cm³/mol. The van der Waals surface area contributed by atoms with Crippen molar-refractivity contribution in [1.29, 1.82) is 0 Å². The molecule has 0 saturated carbocycles. The summed E-state index contributed by atoms with van der Waals surface area (Å²) in [5, 5.41) is 3.89. The molecule has 0 aliphatic carbocycles. The maximum atomic E-state index is 15.7. The zero-order valence-electron chi connectivity index (χ0n) is 16.8. The van der Waals surface area contributed by atoms with Gasteiger partial charge in [0.2, 0.25) is 17.4 Å². The van der Waals surface area contributed by atoms with Crippen molar-refractivity contribution in [2.75, 3.05) is 19.7 Å². The van der Waals surface area contributed by atoms with Gasteiger partial charge in [-0.25, -0.2) is 4.39 Å². The summed E-state index contributed by atoms with van der Waals surface area (Å²) < 4.78 is 26.3. The van der Waals surface area contributed by atoms with Crippen LogP contribution in [0.3, 0.4) is 0 Å². The van der Waals surface area contributed by atoms with E-state index >= 15 is 4.39 Å². The van der Waals surface area contributed by atoms with Gasteiger partial charge in [0.15, 0.2) is 0 Å². The summed E-state index contributed by atoms with van der Waals surface area (Å²) in [5.74, 6) is 0.816. The molecule has 1 saturated heterocycles. The second-order valence-electron chi connectivity index (χ2n) is 7.30. The average molecular weight is 410 g/mol. The standard InChI is InChI=1S/C22H23FN4O3/c1-2-29-18-8-6-16(7-9-18)13-19(28)27-12-4-10-22(23,15-27)21-25-20(26-30-21)17-5-3-11-24-14-17/h3,5-9,11,14H,2,4,10,12-13,15H2,1H3. The number of piperidine rings is 1. The van der Waals surface area contributed by atoms with Crippen LogP contribution >= 0.6 is 0 Å². The Labute approximate surface area is 173 Å². The first kappa shape index (κ1) is 20.0. The van der Waals surface area contributed by atoms with Gasteiger partial charge in [-0.2, -0.15) is 4.98 Å². The third kappa shape index (κ3) is 4.32. The highest BCUT2D eigenvalue weighted by Crippen LogP contribution is 2.35. The van der Waals surface area contributed by atoms with Crippen LogP contribution in [0, 0.1) is 0 Å². The summed E-state index contributed by atoms with van der Waals surface area (Å²) in [5.41, 5.74) is -0.356. The Balaban J connectivity index is 1.44. The fraction of sp³-hybridized carbons (Fsp3) is 0.364. The summed E-state index contributed by atoms with van der Waals surface area (Å²) in [4.78, 5) is 22.6. The highest BCUT2D eigenvalue weighted by Gasteiger charge is 2.43. The van der Waals surface area contributed by atoms with Crippen LogP contribution in [0.4, 0.5) is 4.39 Å². The molecule has 0 radical (unpaired) electrons. The number of halogens is 1. The molecule has 1 aliphatic rings. The molecule has 1 atom stereocenters. The van der Waals surface area contributed by atoms with Crippen molar-refractivity contribution in [2.24, 2.45) is 0 Å². The highest BCUT2D eigenvalue weighted by molar-refractivity contribution is 5.79. The van der Waals surface area contributed by atoms with E-state index < -0.39 is 5.67 Å². The summed E-state index contributed by atoms with van der Waals surface area (Å²) in [6.07, 6.45) is 4.18. The van der Waals surface area contributed by atoms with Gasteiger partial charge in [-0.05, 0) is 49.6 Å². The lowest BCUT2D eigenvalue weighted by molar-refractivity contribution is -0.135. The van der Waals surface area contributed by atoms with Crippen molar-refractivity contribution < 1.29 is 18.4 Å². The van der Waals surface area contributed by atoms with E-state index in [4.69, 9.17) is 9.26 Å². The van der Waals surface area contributed by atoms with Gasteiger partial charge >= 0.3 is 0 Å². The molecule has 156 valence electrons. The van der Waals surface area contributed by atoms with Gasteiger partial charge in [0.05, 0.1) is 19.6 Å². The van der Waals surface area contributed by atoms with Crippen LogP contribution in [0.5, 0.6) is 5.75 Å². The third-order valence-electron chi connectivity index (χ3n) is 5.11. The fourth-order valence-corrected chi connectivity index (χ4v) is 3.57. The quantitative estimate of drug-likeness (QED) is 0.618. The Bertz CT molecular complexity index is 993. The Kier molecular flexibility index (Phi) is 5.74. The van der Waals surface area contributed by atoms with E-state index in [0.717, 1.165) is 11.3 Å². The Morgan fingerprint density at radius 2 is 2.13 bits per heavy atom. The summed E-state index contributed by atoms with van der Waals surface area (Å²) in [7, 11) is 0. The van der Waals surface area contributed by atoms with Gasteiger partial charge in [0, 0.05) is 24.5 Å². The van der Waals surface area contributed by atoms with E-state index in [-0.39, 0.29) is 37.0 Å². The number of aromatic nitrogens is 3. The van der Waals surface area contributed by atoms with Crippen LogP contribution in [0.15, 0.2) is 53.3 Å². The van der Waals surface area contributed by atoms with Crippen LogP contribution in [0.1, 0.15) is 31.2 Å². The summed E-state index contributed by atoms with van der Waals surface area (Å²) in [6, 6.07) is 10.9. The topological polar surface area (TPSA) is 81.4 Å². The number of hydrogen-bond acceptors (Lipinski definition) is 6. The molecule has 1 fully saturated rings. The van der Waals surface area contributed by atoms with Gasteiger partial charge in [-0.1, -0.05) is 17.3 Å². The minimum atomic E-state index is -1.86. The SMILES string of the molecule is CCOc1ccc(CC(=O)N2CCCC(F)(c3nc(-c4cccnc4)no3)C2)cc1. The smallest absolute Gasteiger partial charge is 0.266 e. The molecule has 3 aromatic rings. The van der Waals surface area contributed by atoms with Crippen molar-refractivity contribution in [1.82, 2.24) is 20.0 Å². The van der Waals surface area contributed by atoms with Gasteiger partial charge in [-0.3, -0.25) is 9.78 Å². The van der Waals surface area contributed by atoms with Crippen LogP contribution in [-0.4, -0.2) is 45.6 Å². The first-order valence-corrected chi connectivity index (χ1v) is 10.0. The molecule has 3 heterocycles. The second kappa shape index (κ2) is 8.61. The molecule has 0 spiro atoms. The number of carbonyl (C=O) groups excluding carboxylic acids is 1. The number of pyridine rings is 1. The molecule has 1 amide bonds. The van der Waals surface area contributed by atoms with Crippen LogP contribution in [0.2, 0.25) is 0 Å². The van der Waals surface area contributed by atoms with Gasteiger partial charge < -0.3 is 14.2 Å². The van der Waals surface area contributed by atoms with Crippen molar-refractivity contribution in [3.63, 3.8) is 0 Å². The van der Waals surface area contributed by atoms with E-state index in [1.54, 1.807) is 24.5 Å². The molecule has 0 N–H and O–H groups in total. The Morgan fingerprint density at radius 3 is 2.87 bits per heavy atom. The monoisotopic (exact) mass is 410 g/mol. The summed E-state index contributed by atoms with van der Waals surface area (Å²) in [6.45, 7) is 2.91. The number of alkyl halides is 1. The maximum absolute atomic E-state index is 15.7. The number of likely N-dealkylation sites (tertiary alicyclic amines) is 1. The van der Waals surface area contributed by atoms with Crippen molar-refractivity contribution >= 4 is 5.91 Å². The first-order chi connectivity index (χ1) is 14.6. The van der Waals surface area contributed by atoms with Gasteiger partial charge in [0.1, 0.15) is 5.75 Å². The van der Waals surface area contributed by atoms with E-state index in [2.05, 4.69) is 15.1 Å². The zero-order valence-corrected chi connectivity index (χ0v) is 16.8. The van der Waals surface area contributed by atoms with Gasteiger partial charge in [-0.15, -0.1) is 0 Å². The minimum Gasteiger partial charge on any atom is -0.494 e. The molecule has 1 unspecified atom stereocenters. The lowest BCUT2D eigenvalue weighted by Crippen LogP contribution is -2.47. The molecule has 30 heavy (non-hydrogen) atoms. The Hall–Kier alpha value is -3.29. The second-order valence-corrected chi connectivity index (χ2v) is 7.30. The zero-order chi connectivity index (χ0) is 21.0. The van der Waals surface area contributed by atoms with E-state index in [1.165, 1.54) is 4.90 Å². The van der Waals surface area contributed by atoms with Crippen molar-refractivity contribution in [3.05, 3.63) is 60.2 Å². The Morgan fingerprint density at radius 1 is 1.30 bits per heavy atom. The van der Waals surface area contributed by atoms with E-state index in [0.29, 0.717) is 25.1 Å². The largest absolute Gasteiger partial charge is 0.494 e. The molecular formula is C22H23FN4O3. The average Bonchev–Trinajstić information content (AvgIpc) is 3.27. The number of amides is 1. The number of rotatable bonds is 6. The van der Waals surface area contributed by atoms with Crippen LogP contribution in [0.25, 0.3) is 11.4 Å². The number of nitrogens with zero attached hydrogens (tertiary/aromatic N) is 4. The molecule has 7 nitrogen and oxygen atoms in total. The van der Waals surface area contributed by atoms with Crippen LogP contribution < -0.4 is 4.74 Å². The van der Waals surface area contributed by atoms with E-state index in [1.807, 2.05) is 31.2 Å². The van der Waals surface area contributed by atoms with Crippen molar-refractivity contribution in [3.8, 4) is 17.1 Å². The number of ether oxygens (including phenoxy) is 1.